The number of amides is 1. The predicted octanol–water partition coefficient (Wildman–Crippen LogP) is 1.71. The molecule has 0 aromatic heterocycles. The largest absolute Gasteiger partial charge is 0.478 e. The van der Waals surface area contributed by atoms with Crippen molar-refractivity contribution in [2.24, 2.45) is 5.73 Å². The molecular formula is C11H13ClN2O3. The quantitative estimate of drug-likeness (QED) is 0.765. The van der Waals surface area contributed by atoms with Crippen LogP contribution in [0.25, 0.3) is 0 Å². The molecule has 1 aromatic rings. The number of carboxylic acid groups (broad SMARTS) is 1. The molecule has 1 amide bonds. The van der Waals surface area contributed by atoms with E-state index in [-0.39, 0.29) is 16.5 Å². The molecule has 0 aliphatic rings. The number of nitrogens with one attached hydrogen (secondary N) is 1. The molecule has 0 radical (unpaired) electrons. The van der Waals surface area contributed by atoms with E-state index in [1.165, 1.54) is 18.2 Å². The van der Waals surface area contributed by atoms with Gasteiger partial charge in [-0.05, 0) is 24.6 Å². The third-order valence-corrected chi connectivity index (χ3v) is 2.57. The first-order valence-electron chi connectivity index (χ1n) is 5.05. The molecule has 1 aromatic carbocycles. The minimum atomic E-state index is -1.15. The van der Waals surface area contributed by atoms with Gasteiger partial charge in [0.05, 0.1) is 16.6 Å². The van der Waals surface area contributed by atoms with Crippen LogP contribution >= 0.6 is 11.6 Å². The Bertz CT molecular complexity index is 448. The monoisotopic (exact) mass is 256 g/mol. The fourth-order valence-corrected chi connectivity index (χ4v) is 1.39. The van der Waals surface area contributed by atoms with E-state index < -0.39 is 12.0 Å². The molecule has 0 fully saturated rings. The molecule has 6 heteroatoms. The van der Waals surface area contributed by atoms with Gasteiger partial charge in [-0.15, -0.1) is 0 Å². The number of hydrogen-bond acceptors (Lipinski definition) is 3. The zero-order valence-corrected chi connectivity index (χ0v) is 9.99. The maximum atomic E-state index is 11.5. The van der Waals surface area contributed by atoms with Crippen molar-refractivity contribution in [3.8, 4) is 0 Å². The van der Waals surface area contributed by atoms with Crippen molar-refractivity contribution >= 4 is 29.2 Å². The molecule has 17 heavy (non-hydrogen) atoms. The number of benzene rings is 1. The number of nitrogens with two attached hydrogens (primary N) is 1. The van der Waals surface area contributed by atoms with E-state index in [4.69, 9.17) is 22.4 Å². The Kier molecular flexibility index (Phi) is 4.48. The van der Waals surface area contributed by atoms with Crippen molar-refractivity contribution < 1.29 is 14.7 Å². The first-order valence-corrected chi connectivity index (χ1v) is 5.42. The maximum Gasteiger partial charge on any atom is 0.337 e. The Morgan fingerprint density at radius 2 is 2.18 bits per heavy atom. The molecule has 1 rings (SSSR count). The highest BCUT2D eigenvalue weighted by Crippen LogP contribution is 2.20. The average Bonchev–Trinajstić information content (AvgIpc) is 2.30. The SMILES string of the molecule is CC[C@@H](N)C(=O)Nc1ccc(Cl)c(C(=O)O)c1. The van der Waals surface area contributed by atoms with Gasteiger partial charge in [-0.3, -0.25) is 4.79 Å². The smallest absolute Gasteiger partial charge is 0.337 e. The van der Waals surface area contributed by atoms with E-state index in [9.17, 15) is 9.59 Å². The summed E-state index contributed by atoms with van der Waals surface area (Å²) in [6, 6.07) is 3.62. The molecule has 5 nitrogen and oxygen atoms in total. The van der Waals surface area contributed by atoms with Gasteiger partial charge in [0, 0.05) is 5.69 Å². The fraction of sp³-hybridized carbons (Fsp3) is 0.273. The second-order valence-corrected chi connectivity index (χ2v) is 3.91. The van der Waals surface area contributed by atoms with Gasteiger partial charge >= 0.3 is 5.97 Å². The fourth-order valence-electron chi connectivity index (χ4n) is 1.19. The zero-order valence-electron chi connectivity index (χ0n) is 9.24. The molecule has 0 saturated heterocycles. The highest BCUT2D eigenvalue weighted by Gasteiger charge is 2.13. The summed E-state index contributed by atoms with van der Waals surface area (Å²) in [7, 11) is 0. The third-order valence-electron chi connectivity index (χ3n) is 2.24. The number of aromatic carboxylic acids is 1. The first kappa shape index (κ1) is 13.5. The number of carboxylic acids is 1. The van der Waals surface area contributed by atoms with Crippen LogP contribution < -0.4 is 11.1 Å². The zero-order chi connectivity index (χ0) is 13.0. The van der Waals surface area contributed by atoms with Crippen molar-refractivity contribution in [2.45, 2.75) is 19.4 Å². The molecular weight excluding hydrogens is 244 g/mol. The number of carbonyl (C=O) groups is 2. The standard InChI is InChI=1S/C11H13ClN2O3/c1-2-9(13)10(15)14-6-3-4-8(12)7(5-6)11(16)17/h3-5,9H,2,13H2,1H3,(H,14,15)(H,16,17)/t9-/m1/s1. The van der Waals surface area contributed by atoms with Gasteiger partial charge in [0.1, 0.15) is 0 Å². The lowest BCUT2D eigenvalue weighted by Gasteiger charge is -2.10. The van der Waals surface area contributed by atoms with Crippen molar-refractivity contribution in [3.63, 3.8) is 0 Å². The first-order chi connectivity index (χ1) is 7.95. The lowest BCUT2D eigenvalue weighted by molar-refractivity contribution is -0.117. The van der Waals surface area contributed by atoms with Gasteiger partial charge in [0.2, 0.25) is 5.91 Å². The van der Waals surface area contributed by atoms with Crippen molar-refractivity contribution in [1.29, 1.82) is 0 Å². The Morgan fingerprint density at radius 1 is 1.53 bits per heavy atom. The minimum Gasteiger partial charge on any atom is -0.478 e. The van der Waals surface area contributed by atoms with Crippen LogP contribution in [0.2, 0.25) is 5.02 Å². The summed E-state index contributed by atoms with van der Waals surface area (Å²) < 4.78 is 0. The Balaban J connectivity index is 2.90. The average molecular weight is 257 g/mol. The number of anilines is 1. The van der Waals surface area contributed by atoms with Gasteiger partial charge in [-0.1, -0.05) is 18.5 Å². The molecule has 0 bridgehead atoms. The second-order valence-electron chi connectivity index (χ2n) is 3.50. The molecule has 0 spiro atoms. The third kappa shape index (κ3) is 3.44. The Labute approximate surface area is 104 Å². The van der Waals surface area contributed by atoms with Crippen LogP contribution in [0.15, 0.2) is 18.2 Å². The summed E-state index contributed by atoms with van der Waals surface area (Å²) in [6.45, 7) is 1.79. The van der Waals surface area contributed by atoms with Crippen LogP contribution in [0.1, 0.15) is 23.7 Å². The van der Waals surface area contributed by atoms with E-state index in [2.05, 4.69) is 5.32 Å². The van der Waals surface area contributed by atoms with Crippen molar-refractivity contribution in [1.82, 2.24) is 0 Å². The van der Waals surface area contributed by atoms with E-state index in [0.29, 0.717) is 12.1 Å². The van der Waals surface area contributed by atoms with Crippen molar-refractivity contribution in [2.75, 3.05) is 5.32 Å². The molecule has 0 aliphatic carbocycles. The maximum absolute atomic E-state index is 11.5. The predicted molar refractivity (Wildman–Crippen MR) is 65.3 cm³/mol. The normalized spacial score (nSPS) is 11.9. The second kappa shape index (κ2) is 5.65. The summed E-state index contributed by atoms with van der Waals surface area (Å²) in [6.07, 6.45) is 0.505. The van der Waals surface area contributed by atoms with Crippen LogP contribution in [0, 0.1) is 0 Å². The molecule has 0 saturated carbocycles. The van der Waals surface area contributed by atoms with Crippen LogP contribution in [0.5, 0.6) is 0 Å². The number of hydrogen-bond donors (Lipinski definition) is 3. The van der Waals surface area contributed by atoms with E-state index in [1.807, 2.05) is 0 Å². The number of carbonyl (C=O) groups excluding carboxylic acids is 1. The summed E-state index contributed by atoms with van der Waals surface area (Å²) >= 11 is 5.70. The minimum absolute atomic E-state index is 0.0606. The van der Waals surface area contributed by atoms with E-state index >= 15 is 0 Å². The molecule has 4 N–H and O–H groups in total. The van der Waals surface area contributed by atoms with Crippen molar-refractivity contribution in [3.05, 3.63) is 28.8 Å². The molecule has 1 atom stereocenters. The Hall–Kier alpha value is -1.59. The summed E-state index contributed by atoms with van der Waals surface area (Å²) in [5.41, 5.74) is 5.84. The summed E-state index contributed by atoms with van der Waals surface area (Å²) in [5, 5.41) is 11.5. The molecule has 0 unspecified atom stereocenters. The van der Waals surface area contributed by atoms with E-state index in [0.717, 1.165) is 0 Å². The van der Waals surface area contributed by atoms with Gasteiger partial charge in [0.25, 0.3) is 0 Å². The number of halogens is 1. The highest BCUT2D eigenvalue weighted by atomic mass is 35.5. The van der Waals surface area contributed by atoms with Crippen LogP contribution in [0.4, 0.5) is 5.69 Å². The summed E-state index contributed by atoms with van der Waals surface area (Å²) in [5.74, 6) is -1.50. The van der Waals surface area contributed by atoms with Gasteiger partial charge in [0.15, 0.2) is 0 Å². The Morgan fingerprint density at radius 3 is 2.71 bits per heavy atom. The van der Waals surface area contributed by atoms with E-state index in [1.54, 1.807) is 6.92 Å². The van der Waals surface area contributed by atoms with Crippen LogP contribution in [-0.2, 0) is 4.79 Å². The molecule has 0 aliphatic heterocycles. The molecule has 92 valence electrons. The van der Waals surface area contributed by atoms with Crippen LogP contribution in [0.3, 0.4) is 0 Å². The molecule has 0 heterocycles. The van der Waals surface area contributed by atoms with Gasteiger partial charge in [-0.2, -0.15) is 0 Å². The highest BCUT2D eigenvalue weighted by molar-refractivity contribution is 6.33. The summed E-state index contributed by atoms with van der Waals surface area (Å²) in [4.78, 5) is 22.3. The van der Waals surface area contributed by atoms with Crippen LogP contribution in [-0.4, -0.2) is 23.0 Å². The topological polar surface area (TPSA) is 92.4 Å². The lowest BCUT2D eigenvalue weighted by atomic mass is 10.2. The van der Waals surface area contributed by atoms with Gasteiger partial charge < -0.3 is 16.2 Å². The lowest BCUT2D eigenvalue weighted by Crippen LogP contribution is -2.34. The number of rotatable bonds is 4. The van der Waals surface area contributed by atoms with Gasteiger partial charge in [-0.25, -0.2) is 4.79 Å².